The second-order valence-corrected chi connectivity index (χ2v) is 4.90. The van der Waals surface area contributed by atoms with Crippen LogP contribution in [0.3, 0.4) is 0 Å². The Balaban J connectivity index is 1.90. The van der Waals surface area contributed by atoms with Gasteiger partial charge in [0.1, 0.15) is 5.76 Å². The van der Waals surface area contributed by atoms with E-state index >= 15 is 0 Å². The van der Waals surface area contributed by atoms with Crippen LogP contribution in [0.2, 0.25) is 0 Å². The predicted octanol–water partition coefficient (Wildman–Crippen LogP) is 3.24. The summed E-state index contributed by atoms with van der Waals surface area (Å²) in [5.74, 6) is 2.81. The maximum absolute atomic E-state index is 5.48. The molecule has 1 aromatic heterocycles. The first kappa shape index (κ1) is 11.7. The van der Waals surface area contributed by atoms with Crippen molar-refractivity contribution in [1.82, 2.24) is 5.32 Å². The highest BCUT2D eigenvalue weighted by Gasteiger charge is 2.25. The van der Waals surface area contributed by atoms with Crippen molar-refractivity contribution in [3.63, 3.8) is 0 Å². The lowest BCUT2D eigenvalue weighted by atomic mass is 9.87. The van der Waals surface area contributed by atoms with Gasteiger partial charge in [-0.2, -0.15) is 0 Å². The standard InChI is InChI=1S/C14H23NO/c1-2-15-11-13(12-6-3-4-7-12)10-14-8-5-9-16-14/h5,8-9,12-13,15H,2-4,6-7,10-11H2,1H3. The van der Waals surface area contributed by atoms with Crippen LogP contribution in [0, 0.1) is 11.8 Å². The summed E-state index contributed by atoms with van der Waals surface area (Å²) < 4.78 is 5.48. The van der Waals surface area contributed by atoms with Gasteiger partial charge in [0.15, 0.2) is 0 Å². The molecule has 1 heterocycles. The molecule has 16 heavy (non-hydrogen) atoms. The van der Waals surface area contributed by atoms with Crippen LogP contribution in [0.1, 0.15) is 38.4 Å². The normalized spacial score (nSPS) is 19.1. The topological polar surface area (TPSA) is 25.2 Å². The second kappa shape index (κ2) is 6.09. The zero-order chi connectivity index (χ0) is 11.2. The van der Waals surface area contributed by atoms with Crippen molar-refractivity contribution in [3.05, 3.63) is 24.2 Å². The van der Waals surface area contributed by atoms with Crippen molar-refractivity contribution < 1.29 is 4.42 Å². The summed E-state index contributed by atoms with van der Waals surface area (Å²) >= 11 is 0. The van der Waals surface area contributed by atoms with E-state index in [9.17, 15) is 0 Å². The minimum atomic E-state index is 0.758. The lowest BCUT2D eigenvalue weighted by Gasteiger charge is -2.22. The average Bonchev–Trinajstić information content (AvgIpc) is 2.96. The lowest BCUT2D eigenvalue weighted by Crippen LogP contribution is -2.28. The van der Waals surface area contributed by atoms with E-state index < -0.39 is 0 Å². The van der Waals surface area contributed by atoms with Crippen molar-refractivity contribution in [2.24, 2.45) is 11.8 Å². The number of rotatable bonds is 6. The van der Waals surface area contributed by atoms with E-state index in [1.54, 1.807) is 6.26 Å². The van der Waals surface area contributed by atoms with Gasteiger partial charge in [0.05, 0.1) is 6.26 Å². The largest absolute Gasteiger partial charge is 0.469 e. The SMILES string of the molecule is CCNCC(Cc1ccco1)C1CCCC1. The smallest absolute Gasteiger partial charge is 0.104 e. The third-order valence-electron chi connectivity index (χ3n) is 3.77. The van der Waals surface area contributed by atoms with Gasteiger partial charge in [-0.15, -0.1) is 0 Å². The highest BCUT2D eigenvalue weighted by atomic mass is 16.3. The molecule has 1 unspecified atom stereocenters. The van der Waals surface area contributed by atoms with Gasteiger partial charge in [-0.05, 0) is 37.1 Å². The van der Waals surface area contributed by atoms with E-state index in [0.29, 0.717) is 0 Å². The van der Waals surface area contributed by atoms with Crippen LogP contribution in [0.4, 0.5) is 0 Å². The fraction of sp³-hybridized carbons (Fsp3) is 0.714. The molecule has 1 aliphatic rings. The van der Waals surface area contributed by atoms with Gasteiger partial charge in [-0.3, -0.25) is 0 Å². The Labute approximate surface area is 98.4 Å². The van der Waals surface area contributed by atoms with Crippen LogP contribution < -0.4 is 5.32 Å². The minimum absolute atomic E-state index is 0.758. The highest BCUT2D eigenvalue weighted by Crippen LogP contribution is 2.33. The maximum atomic E-state index is 5.48. The third kappa shape index (κ3) is 3.11. The zero-order valence-corrected chi connectivity index (χ0v) is 10.2. The number of furan rings is 1. The van der Waals surface area contributed by atoms with Crippen LogP contribution in [0.5, 0.6) is 0 Å². The van der Waals surface area contributed by atoms with Gasteiger partial charge in [-0.25, -0.2) is 0 Å². The van der Waals surface area contributed by atoms with Crippen LogP contribution in [-0.2, 0) is 6.42 Å². The molecular weight excluding hydrogens is 198 g/mol. The fourth-order valence-electron chi connectivity index (χ4n) is 2.85. The monoisotopic (exact) mass is 221 g/mol. The third-order valence-corrected chi connectivity index (χ3v) is 3.77. The first-order valence-corrected chi connectivity index (χ1v) is 6.63. The lowest BCUT2D eigenvalue weighted by molar-refractivity contribution is 0.304. The molecule has 0 aliphatic heterocycles. The molecule has 0 radical (unpaired) electrons. The molecular formula is C14H23NO. The summed E-state index contributed by atoms with van der Waals surface area (Å²) in [6, 6.07) is 4.10. The molecule has 1 N–H and O–H groups in total. The van der Waals surface area contributed by atoms with E-state index in [4.69, 9.17) is 4.42 Å². The van der Waals surface area contributed by atoms with Gasteiger partial charge < -0.3 is 9.73 Å². The number of hydrogen-bond donors (Lipinski definition) is 1. The molecule has 90 valence electrons. The van der Waals surface area contributed by atoms with E-state index in [1.807, 2.05) is 6.07 Å². The molecule has 0 aromatic carbocycles. The Morgan fingerprint density at radius 3 is 2.88 bits per heavy atom. The molecule has 0 saturated heterocycles. The van der Waals surface area contributed by atoms with Crippen molar-refractivity contribution in [2.75, 3.05) is 13.1 Å². The average molecular weight is 221 g/mol. The predicted molar refractivity (Wildman–Crippen MR) is 66.4 cm³/mol. The highest BCUT2D eigenvalue weighted by molar-refractivity contribution is 5.00. The van der Waals surface area contributed by atoms with Gasteiger partial charge >= 0.3 is 0 Å². The molecule has 0 spiro atoms. The minimum Gasteiger partial charge on any atom is -0.469 e. The summed E-state index contributed by atoms with van der Waals surface area (Å²) in [4.78, 5) is 0. The summed E-state index contributed by atoms with van der Waals surface area (Å²) in [6.45, 7) is 4.39. The number of nitrogens with one attached hydrogen (secondary N) is 1. The van der Waals surface area contributed by atoms with E-state index in [-0.39, 0.29) is 0 Å². The van der Waals surface area contributed by atoms with E-state index in [2.05, 4.69) is 18.3 Å². The van der Waals surface area contributed by atoms with Gasteiger partial charge in [-0.1, -0.05) is 32.6 Å². The van der Waals surface area contributed by atoms with Crippen LogP contribution in [0.15, 0.2) is 22.8 Å². The molecule has 2 rings (SSSR count). The van der Waals surface area contributed by atoms with Crippen molar-refractivity contribution >= 4 is 0 Å². The Kier molecular flexibility index (Phi) is 4.46. The molecule has 2 heteroatoms. The van der Waals surface area contributed by atoms with Crippen LogP contribution in [-0.4, -0.2) is 13.1 Å². The van der Waals surface area contributed by atoms with Gasteiger partial charge in [0.25, 0.3) is 0 Å². The Morgan fingerprint density at radius 2 is 2.25 bits per heavy atom. The van der Waals surface area contributed by atoms with Crippen LogP contribution >= 0.6 is 0 Å². The molecule has 1 fully saturated rings. The summed E-state index contributed by atoms with van der Waals surface area (Å²) in [5, 5.41) is 3.50. The zero-order valence-electron chi connectivity index (χ0n) is 10.2. The molecule has 0 amide bonds. The molecule has 2 nitrogen and oxygen atoms in total. The van der Waals surface area contributed by atoms with Crippen LogP contribution in [0.25, 0.3) is 0 Å². The Bertz CT molecular complexity index is 275. The Hall–Kier alpha value is -0.760. The Morgan fingerprint density at radius 1 is 1.44 bits per heavy atom. The molecule has 1 aromatic rings. The van der Waals surface area contributed by atoms with Crippen molar-refractivity contribution in [2.45, 2.75) is 39.0 Å². The van der Waals surface area contributed by atoms with Gasteiger partial charge in [0, 0.05) is 6.42 Å². The molecule has 0 bridgehead atoms. The summed E-state index contributed by atoms with van der Waals surface area (Å²) in [7, 11) is 0. The first-order chi connectivity index (χ1) is 7.90. The maximum Gasteiger partial charge on any atom is 0.104 e. The quantitative estimate of drug-likeness (QED) is 0.797. The summed E-state index contributed by atoms with van der Waals surface area (Å²) in [6.07, 6.45) is 8.56. The van der Waals surface area contributed by atoms with E-state index in [1.165, 1.54) is 25.7 Å². The van der Waals surface area contributed by atoms with Gasteiger partial charge in [0.2, 0.25) is 0 Å². The molecule has 1 saturated carbocycles. The van der Waals surface area contributed by atoms with E-state index in [0.717, 1.165) is 37.1 Å². The first-order valence-electron chi connectivity index (χ1n) is 6.63. The van der Waals surface area contributed by atoms with Crippen molar-refractivity contribution in [3.8, 4) is 0 Å². The second-order valence-electron chi connectivity index (χ2n) is 4.90. The molecule has 1 atom stereocenters. The van der Waals surface area contributed by atoms with Crippen molar-refractivity contribution in [1.29, 1.82) is 0 Å². The summed E-state index contributed by atoms with van der Waals surface area (Å²) in [5.41, 5.74) is 0. The number of hydrogen-bond acceptors (Lipinski definition) is 2. The fourth-order valence-corrected chi connectivity index (χ4v) is 2.85. The molecule has 1 aliphatic carbocycles.